The molecule has 0 saturated heterocycles. The number of halogens is 1. The van der Waals surface area contributed by atoms with E-state index in [-0.39, 0.29) is 0 Å². The van der Waals surface area contributed by atoms with Gasteiger partial charge in [0.25, 0.3) is 0 Å². The molecule has 6 heteroatoms. The van der Waals surface area contributed by atoms with Crippen molar-refractivity contribution >= 4 is 17.6 Å². The number of aliphatic carboxylic acids is 1. The van der Waals surface area contributed by atoms with Crippen molar-refractivity contribution in [2.24, 2.45) is 0 Å². The van der Waals surface area contributed by atoms with Crippen molar-refractivity contribution in [3.05, 3.63) is 95.0 Å². The quantitative estimate of drug-likeness (QED) is 0.293. The van der Waals surface area contributed by atoms with Gasteiger partial charge in [-0.3, -0.25) is 4.68 Å². The number of aromatic nitrogens is 2. The first-order chi connectivity index (χ1) is 16.4. The lowest BCUT2D eigenvalue weighted by atomic mass is 9.98. The van der Waals surface area contributed by atoms with Crippen LogP contribution in [0.25, 0.3) is 22.5 Å². The molecule has 34 heavy (non-hydrogen) atoms. The van der Waals surface area contributed by atoms with E-state index in [1.54, 1.807) is 0 Å². The van der Waals surface area contributed by atoms with Gasteiger partial charge in [0.2, 0.25) is 0 Å². The molecule has 0 spiro atoms. The van der Waals surface area contributed by atoms with E-state index in [0.717, 1.165) is 34.5 Å². The summed E-state index contributed by atoms with van der Waals surface area (Å²) >= 11 is 6.12. The molecule has 4 aromatic rings. The Kier molecular flexibility index (Phi) is 7.33. The van der Waals surface area contributed by atoms with Crippen molar-refractivity contribution in [3.8, 4) is 28.3 Å². The van der Waals surface area contributed by atoms with Crippen molar-refractivity contribution in [1.82, 2.24) is 9.78 Å². The molecule has 0 amide bonds. The highest BCUT2D eigenvalue weighted by Gasteiger charge is 2.17. The van der Waals surface area contributed by atoms with Gasteiger partial charge in [-0.2, -0.15) is 5.10 Å². The highest BCUT2D eigenvalue weighted by molar-refractivity contribution is 6.30. The van der Waals surface area contributed by atoms with Crippen LogP contribution in [0.15, 0.2) is 78.9 Å². The summed E-state index contributed by atoms with van der Waals surface area (Å²) in [5.74, 6) is -0.209. The van der Waals surface area contributed by atoms with Gasteiger partial charge in [0.15, 0.2) is 6.61 Å². The zero-order valence-corrected chi connectivity index (χ0v) is 20.0. The summed E-state index contributed by atoms with van der Waals surface area (Å²) in [4.78, 5) is 11.1. The molecule has 0 bridgehead atoms. The van der Waals surface area contributed by atoms with Crippen LogP contribution < -0.4 is 4.74 Å². The Labute approximate surface area is 204 Å². The molecule has 1 N–H and O–H groups in total. The number of hydrogen-bond acceptors (Lipinski definition) is 3. The zero-order valence-electron chi connectivity index (χ0n) is 19.2. The summed E-state index contributed by atoms with van der Waals surface area (Å²) < 4.78 is 7.62. The van der Waals surface area contributed by atoms with E-state index in [9.17, 15) is 4.79 Å². The summed E-state index contributed by atoms with van der Waals surface area (Å²) in [6, 6.07) is 25.9. The predicted molar refractivity (Wildman–Crippen MR) is 135 cm³/mol. The number of ether oxygens (including phenoxy) is 1. The number of carbonyl (C=O) groups is 1. The molecular formula is C28H27ClN2O3. The molecule has 0 fully saturated rings. The summed E-state index contributed by atoms with van der Waals surface area (Å²) in [5, 5.41) is 14.7. The lowest BCUT2D eigenvalue weighted by Crippen LogP contribution is -2.10. The number of benzene rings is 3. The van der Waals surface area contributed by atoms with Crippen molar-refractivity contribution in [1.29, 1.82) is 0 Å². The molecule has 0 saturated carbocycles. The maximum absolute atomic E-state index is 11.1. The normalized spacial score (nSPS) is 11.1. The number of rotatable bonds is 9. The van der Waals surface area contributed by atoms with Gasteiger partial charge < -0.3 is 9.84 Å². The second-order valence-corrected chi connectivity index (χ2v) is 8.91. The van der Waals surface area contributed by atoms with Gasteiger partial charge in [0.05, 0.1) is 11.4 Å². The van der Waals surface area contributed by atoms with Crippen LogP contribution >= 0.6 is 11.6 Å². The summed E-state index contributed by atoms with van der Waals surface area (Å²) in [6.07, 6.45) is 0.830. The fourth-order valence-electron chi connectivity index (χ4n) is 3.82. The first-order valence-electron chi connectivity index (χ1n) is 11.3. The Morgan fingerprint density at radius 1 is 1.03 bits per heavy atom. The minimum Gasteiger partial charge on any atom is -0.481 e. The monoisotopic (exact) mass is 474 g/mol. The second-order valence-electron chi connectivity index (χ2n) is 8.47. The molecule has 0 aliphatic rings. The maximum atomic E-state index is 11.1. The average Bonchev–Trinajstić information content (AvgIpc) is 3.26. The van der Waals surface area contributed by atoms with Crippen LogP contribution in [0.1, 0.15) is 30.9 Å². The summed E-state index contributed by atoms with van der Waals surface area (Å²) in [6.45, 7) is 4.52. The lowest BCUT2D eigenvalue weighted by molar-refractivity contribution is -0.139. The predicted octanol–water partition coefficient (Wildman–Crippen LogP) is 6.70. The Morgan fingerprint density at radius 3 is 2.44 bits per heavy atom. The molecule has 4 rings (SSSR count). The molecule has 0 radical (unpaired) electrons. The first kappa shape index (κ1) is 23.6. The van der Waals surface area contributed by atoms with Crippen molar-refractivity contribution in [2.45, 2.75) is 32.7 Å². The minimum absolute atomic E-state index is 0.308. The van der Waals surface area contributed by atoms with Crippen LogP contribution in [-0.4, -0.2) is 27.5 Å². The highest BCUT2D eigenvalue weighted by atomic mass is 35.5. The standard InChI is InChI=1S/C28H27ClN2O3/c1-19(2)22-10-13-27(34-18-28(32)33)24(16-22)25-17-26(21-8-11-23(29)12-9-21)31(30-25)15-14-20-6-4-3-5-7-20/h3-13,16-17,19H,14-15,18H2,1-2H3,(H,32,33). The van der Waals surface area contributed by atoms with Crippen LogP contribution in [0.2, 0.25) is 5.02 Å². The van der Waals surface area contributed by atoms with E-state index in [1.807, 2.05) is 71.4 Å². The summed E-state index contributed by atoms with van der Waals surface area (Å²) in [7, 11) is 0. The molecule has 0 aliphatic heterocycles. The number of hydrogen-bond donors (Lipinski definition) is 1. The van der Waals surface area contributed by atoms with Crippen LogP contribution in [0.5, 0.6) is 5.75 Å². The van der Waals surface area contributed by atoms with Crippen molar-refractivity contribution in [2.75, 3.05) is 6.61 Å². The largest absolute Gasteiger partial charge is 0.481 e. The van der Waals surface area contributed by atoms with E-state index in [1.165, 1.54) is 5.56 Å². The smallest absolute Gasteiger partial charge is 0.341 e. The zero-order chi connectivity index (χ0) is 24.1. The first-order valence-corrected chi connectivity index (χ1v) is 11.6. The van der Waals surface area contributed by atoms with Crippen LogP contribution in [-0.2, 0) is 17.8 Å². The van der Waals surface area contributed by atoms with E-state index in [2.05, 4.69) is 26.0 Å². The maximum Gasteiger partial charge on any atom is 0.341 e. The van der Waals surface area contributed by atoms with Gasteiger partial charge in [0.1, 0.15) is 5.75 Å². The summed E-state index contributed by atoms with van der Waals surface area (Å²) in [5.41, 5.74) is 5.84. The molecule has 0 atom stereocenters. The Hall–Kier alpha value is -3.57. The van der Waals surface area contributed by atoms with Crippen LogP contribution in [0, 0.1) is 0 Å². The van der Waals surface area contributed by atoms with E-state index in [0.29, 0.717) is 23.2 Å². The SMILES string of the molecule is CC(C)c1ccc(OCC(=O)O)c(-c2cc(-c3ccc(Cl)cc3)n(CCc3ccccc3)n2)c1. The second kappa shape index (κ2) is 10.6. The van der Waals surface area contributed by atoms with Gasteiger partial charge >= 0.3 is 5.97 Å². The molecule has 0 aliphatic carbocycles. The van der Waals surface area contributed by atoms with E-state index in [4.69, 9.17) is 26.5 Å². The Bertz CT molecular complexity index is 1260. The lowest BCUT2D eigenvalue weighted by Gasteiger charge is -2.12. The third-order valence-corrected chi connectivity index (χ3v) is 5.92. The van der Waals surface area contributed by atoms with Gasteiger partial charge in [-0.05, 0) is 59.4 Å². The fourth-order valence-corrected chi connectivity index (χ4v) is 3.95. The average molecular weight is 475 g/mol. The molecule has 3 aromatic carbocycles. The number of aryl methyl sites for hydroxylation is 2. The Balaban J connectivity index is 1.77. The minimum atomic E-state index is -1.02. The molecular weight excluding hydrogens is 448 g/mol. The van der Waals surface area contributed by atoms with Gasteiger partial charge in [-0.15, -0.1) is 0 Å². The van der Waals surface area contributed by atoms with Crippen LogP contribution in [0.4, 0.5) is 0 Å². The number of carboxylic acid groups (broad SMARTS) is 1. The van der Waals surface area contributed by atoms with Crippen molar-refractivity contribution < 1.29 is 14.6 Å². The van der Waals surface area contributed by atoms with Crippen molar-refractivity contribution in [3.63, 3.8) is 0 Å². The number of nitrogens with zero attached hydrogens (tertiary/aromatic N) is 2. The van der Waals surface area contributed by atoms with E-state index < -0.39 is 12.6 Å². The third-order valence-electron chi connectivity index (χ3n) is 5.67. The van der Waals surface area contributed by atoms with Crippen LogP contribution in [0.3, 0.4) is 0 Å². The highest BCUT2D eigenvalue weighted by Crippen LogP contribution is 2.35. The van der Waals surface area contributed by atoms with Gasteiger partial charge in [0, 0.05) is 17.1 Å². The van der Waals surface area contributed by atoms with Gasteiger partial charge in [-0.1, -0.05) is 74.0 Å². The molecule has 1 heterocycles. The number of carboxylic acids is 1. The third kappa shape index (κ3) is 5.67. The molecule has 5 nitrogen and oxygen atoms in total. The molecule has 1 aromatic heterocycles. The topological polar surface area (TPSA) is 64.3 Å². The molecule has 174 valence electrons. The fraction of sp³-hybridized carbons (Fsp3) is 0.214. The Morgan fingerprint density at radius 2 is 1.76 bits per heavy atom. The van der Waals surface area contributed by atoms with Gasteiger partial charge in [-0.25, -0.2) is 4.79 Å². The van der Waals surface area contributed by atoms with E-state index >= 15 is 0 Å². The molecule has 0 unspecified atom stereocenters.